The molecule has 0 spiro atoms. The van der Waals surface area contributed by atoms with Crippen LogP contribution in [0.2, 0.25) is 5.02 Å². The van der Waals surface area contributed by atoms with Gasteiger partial charge >= 0.3 is 0 Å². The van der Waals surface area contributed by atoms with E-state index in [1.165, 1.54) is 5.56 Å². The zero-order valence-electron chi connectivity index (χ0n) is 9.73. The molecule has 2 aromatic carbocycles. The van der Waals surface area contributed by atoms with Crippen molar-refractivity contribution in [2.75, 3.05) is 0 Å². The van der Waals surface area contributed by atoms with Gasteiger partial charge in [-0.15, -0.1) is 0 Å². The normalized spacial score (nSPS) is 10.9. The van der Waals surface area contributed by atoms with Crippen LogP contribution in [0.3, 0.4) is 0 Å². The Bertz CT molecular complexity index is 497. The molecule has 1 nitrogen and oxygen atoms in total. The quantitative estimate of drug-likeness (QED) is 0.696. The Balaban J connectivity index is 2.11. The van der Waals surface area contributed by atoms with Gasteiger partial charge in [0.05, 0.1) is 5.69 Å². The fraction of sp³-hybridized carbons (Fsp3) is 0.133. The lowest BCUT2D eigenvalue weighted by Crippen LogP contribution is -1.80. The smallest absolute Gasteiger partial charge is 0.0630 e. The molecule has 0 aromatic heterocycles. The molecule has 0 aliphatic heterocycles. The first-order valence-corrected chi connectivity index (χ1v) is 6.04. The van der Waals surface area contributed by atoms with E-state index in [4.69, 9.17) is 11.6 Å². The minimum Gasteiger partial charge on any atom is -0.256 e. The third kappa shape index (κ3) is 3.43. The van der Waals surface area contributed by atoms with Gasteiger partial charge in [-0.2, -0.15) is 0 Å². The third-order valence-electron chi connectivity index (χ3n) is 2.58. The minimum absolute atomic E-state index is 0.745. The van der Waals surface area contributed by atoms with Gasteiger partial charge in [-0.3, -0.25) is 4.99 Å². The standard InChI is InChI=1S/C15H14ClN/c1-2-12-5-9-15(10-6-12)17-11-13-3-7-14(16)8-4-13/h3-11H,2H2,1H3. The summed E-state index contributed by atoms with van der Waals surface area (Å²) in [5.74, 6) is 0. The molecular formula is C15H14ClN. The van der Waals surface area contributed by atoms with E-state index in [-0.39, 0.29) is 0 Å². The van der Waals surface area contributed by atoms with Crippen molar-refractivity contribution in [3.63, 3.8) is 0 Å². The lowest BCUT2D eigenvalue weighted by Gasteiger charge is -1.97. The monoisotopic (exact) mass is 243 g/mol. The Labute approximate surface area is 107 Å². The van der Waals surface area contributed by atoms with Crippen LogP contribution in [0.15, 0.2) is 53.5 Å². The van der Waals surface area contributed by atoms with E-state index in [0.29, 0.717) is 0 Å². The third-order valence-corrected chi connectivity index (χ3v) is 2.83. The summed E-state index contributed by atoms with van der Waals surface area (Å²) >= 11 is 5.82. The largest absolute Gasteiger partial charge is 0.256 e. The molecule has 0 aliphatic rings. The first-order chi connectivity index (χ1) is 8.28. The Morgan fingerprint density at radius 2 is 1.65 bits per heavy atom. The Kier molecular flexibility index (Phi) is 3.94. The summed E-state index contributed by atoms with van der Waals surface area (Å²) in [6.45, 7) is 2.14. The molecule has 0 atom stereocenters. The van der Waals surface area contributed by atoms with Crippen molar-refractivity contribution in [2.45, 2.75) is 13.3 Å². The molecule has 0 saturated carbocycles. The van der Waals surface area contributed by atoms with Crippen molar-refractivity contribution in [2.24, 2.45) is 4.99 Å². The van der Waals surface area contributed by atoms with Gasteiger partial charge in [-0.05, 0) is 41.8 Å². The Hall–Kier alpha value is -1.60. The SMILES string of the molecule is CCc1ccc(N=Cc2ccc(Cl)cc2)cc1. The van der Waals surface area contributed by atoms with Crippen LogP contribution in [0.25, 0.3) is 0 Å². The number of hydrogen-bond donors (Lipinski definition) is 0. The highest BCUT2D eigenvalue weighted by atomic mass is 35.5. The van der Waals surface area contributed by atoms with Crippen molar-refractivity contribution in [3.8, 4) is 0 Å². The van der Waals surface area contributed by atoms with E-state index in [2.05, 4.69) is 24.0 Å². The van der Waals surface area contributed by atoms with Gasteiger partial charge in [0.25, 0.3) is 0 Å². The fourth-order valence-electron chi connectivity index (χ4n) is 1.52. The van der Waals surface area contributed by atoms with E-state index >= 15 is 0 Å². The molecule has 0 radical (unpaired) electrons. The highest BCUT2D eigenvalue weighted by Crippen LogP contribution is 2.14. The van der Waals surface area contributed by atoms with Crippen molar-refractivity contribution >= 4 is 23.5 Å². The summed E-state index contributed by atoms with van der Waals surface area (Å²) in [7, 11) is 0. The predicted octanol–water partition coefficient (Wildman–Crippen LogP) is 4.65. The number of rotatable bonds is 3. The van der Waals surface area contributed by atoms with Crippen LogP contribution in [0, 0.1) is 0 Å². The summed E-state index contributed by atoms with van der Waals surface area (Å²) in [5, 5.41) is 0.745. The molecule has 0 fully saturated rings. The highest BCUT2D eigenvalue weighted by Gasteiger charge is 1.91. The van der Waals surface area contributed by atoms with Crippen molar-refractivity contribution < 1.29 is 0 Å². The van der Waals surface area contributed by atoms with E-state index < -0.39 is 0 Å². The second-order valence-electron chi connectivity index (χ2n) is 3.83. The lowest BCUT2D eigenvalue weighted by molar-refractivity contribution is 1.14. The van der Waals surface area contributed by atoms with Crippen LogP contribution in [0.4, 0.5) is 5.69 Å². The summed E-state index contributed by atoms with van der Waals surface area (Å²) in [6.07, 6.45) is 2.90. The van der Waals surface area contributed by atoms with E-state index in [9.17, 15) is 0 Å². The minimum atomic E-state index is 0.745. The average Bonchev–Trinajstić information content (AvgIpc) is 2.39. The Morgan fingerprint density at radius 3 is 2.24 bits per heavy atom. The molecule has 2 heteroatoms. The van der Waals surface area contributed by atoms with Gasteiger partial charge in [0.15, 0.2) is 0 Å². The van der Waals surface area contributed by atoms with E-state index in [1.807, 2.05) is 42.6 Å². The fourth-order valence-corrected chi connectivity index (χ4v) is 1.64. The maximum Gasteiger partial charge on any atom is 0.0630 e. The number of aryl methyl sites for hydroxylation is 1. The molecular weight excluding hydrogens is 230 g/mol. The molecule has 0 N–H and O–H groups in total. The van der Waals surface area contributed by atoms with Crippen molar-refractivity contribution in [1.29, 1.82) is 0 Å². The second kappa shape index (κ2) is 5.65. The van der Waals surface area contributed by atoms with Crippen LogP contribution >= 0.6 is 11.6 Å². The van der Waals surface area contributed by atoms with Crippen molar-refractivity contribution in [3.05, 3.63) is 64.7 Å². The predicted molar refractivity (Wildman–Crippen MR) is 74.5 cm³/mol. The van der Waals surface area contributed by atoms with Crippen LogP contribution < -0.4 is 0 Å². The van der Waals surface area contributed by atoms with Crippen LogP contribution in [-0.2, 0) is 6.42 Å². The van der Waals surface area contributed by atoms with Gasteiger partial charge in [0, 0.05) is 11.2 Å². The van der Waals surface area contributed by atoms with Gasteiger partial charge in [0.1, 0.15) is 0 Å². The van der Waals surface area contributed by atoms with E-state index in [0.717, 1.165) is 22.7 Å². The number of nitrogens with zero attached hydrogens (tertiary/aromatic N) is 1. The van der Waals surface area contributed by atoms with Crippen LogP contribution in [0.5, 0.6) is 0 Å². The lowest BCUT2D eigenvalue weighted by atomic mass is 10.1. The summed E-state index contributed by atoms with van der Waals surface area (Å²) < 4.78 is 0. The number of benzene rings is 2. The first-order valence-electron chi connectivity index (χ1n) is 5.66. The second-order valence-corrected chi connectivity index (χ2v) is 4.27. The molecule has 2 aromatic rings. The topological polar surface area (TPSA) is 12.4 Å². The van der Waals surface area contributed by atoms with Gasteiger partial charge < -0.3 is 0 Å². The molecule has 17 heavy (non-hydrogen) atoms. The Morgan fingerprint density at radius 1 is 1.00 bits per heavy atom. The summed E-state index contributed by atoms with van der Waals surface area (Å²) in [4.78, 5) is 4.41. The maximum absolute atomic E-state index is 5.82. The summed E-state index contributed by atoms with van der Waals surface area (Å²) in [5.41, 5.74) is 3.35. The molecule has 0 bridgehead atoms. The zero-order valence-corrected chi connectivity index (χ0v) is 10.5. The van der Waals surface area contributed by atoms with E-state index in [1.54, 1.807) is 0 Å². The molecule has 0 amide bonds. The van der Waals surface area contributed by atoms with Gasteiger partial charge in [0.2, 0.25) is 0 Å². The molecule has 0 aliphatic carbocycles. The summed E-state index contributed by atoms with van der Waals surface area (Å²) in [6, 6.07) is 15.9. The number of aliphatic imine (C=N–C) groups is 1. The van der Waals surface area contributed by atoms with Crippen LogP contribution in [0.1, 0.15) is 18.1 Å². The molecule has 0 heterocycles. The molecule has 86 valence electrons. The average molecular weight is 244 g/mol. The molecule has 2 rings (SSSR count). The number of halogens is 1. The first kappa shape index (κ1) is 11.9. The molecule has 0 saturated heterocycles. The van der Waals surface area contributed by atoms with Gasteiger partial charge in [-0.1, -0.05) is 42.8 Å². The van der Waals surface area contributed by atoms with Crippen LogP contribution in [-0.4, -0.2) is 6.21 Å². The maximum atomic E-state index is 5.82. The number of hydrogen-bond acceptors (Lipinski definition) is 1. The van der Waals surface area contributed by atoms with Crippen molar-refractivity contribution in [1.82, 2.24) is 0 Å². The zero-order chi connectivity index (χ0) is 12.1. The van der Waals surface area contributed by atoms with Gasteiger partial charge in [-0.25, -0.2) is 0 Å². The molecule has 0 unspecified atom stereocenters. The highest BCUT2D eigenvalue weighted by molar-refractivity contribution is 6.30.